The van der Waals surface area contributed by atoms with E-state index in [1.807, 2.05) is 18.2 Å². The summed E-state index contributed by atoms with van der Waals surface area (Å²) in [5, 5.41) is 7.61. The molecule has 1 unspecified atom stereocenters. The number of benzene rings is 2. The maximum absolute atomic E-state index is 5.96. The zero-order chi connectivity index (χ0) is 21.3. The zero-order valence-corrected chi connectivity index (χ0v) is 18.0. The van der Waals surface area contributed by atoms with E-state index in [2.05, 4.69) is 63.6 Å². The first-order valence-corrected chi connectivity index (χ1v) is 10.9. The molecule has 1 atom stereocenters. The molecule has 3 aromatic rings. The fourth-order valence-corrected chi connectivity index (χ4v) is 3.77. The van der Waals surface area contributed by atoms with Gasteiger partial charge in [0.25, 0.3) is 0 Å². The van der Waals surface area contributed by atoms with Gasteiger partial charge >= 0.3 is 0 Å². The highest BCUT2D eigenvalue weighted by Crippen LogP contribution is 2.18. The van der Waals surface area contributed by atoms with Crippen LogP contribution in [0.25, 0.3) is 5.69 Å². The Morgan fingerprint density at radius 1 is 1.13 bits per heavy atom. The predicted octanol–water partition coefficient (Wildman–Crippen LogP) is 3.27. The van der Waals surface area contributed by atoms with E-state index in [4.69, 9.17) is 9.73 Å². The topological polar surface area (TPSA) is 67.6 Å². The molecule has 2 aromatic carbocycles. The average Bonchev–Trinajstić information content (AvgIpc) is 3.50. The van der Waals surface area contributed by atoms with Crippen molar-refractivity contribution < 1.29 is 4.74 Å². The van der Waals surface area contributed by atoms with Crippen molar-refractivity contribution in [1.82, 2.24) is 25.0 Å². The van der Waals surface area contributed by atoms with Gasteiger partial charge in [-0.15, -0.1) is 0 Å². The Kier molecular flexibility index (Phi) is 7.28. The number of nitrogens with zero attached hydrogens (tertiary/aromatic N) is 5. The standard InChI is InChI=1S/C24H30N6O/c1-2-26-24(27-14-20-8-10-23(11-9-20)30-19-25-18-28-30)29-13-12-22(15-29)17-31-16-21-6-4-3-5-7-21/h3-11,18-19,22H,2,12-17H2,1H3,(H,26,27). The second-order valence-electron chi connectivity index (χ2n) is 7.78. The van der Waals surface area contributed by atoms with Crippen LogP contribution in [0.2, 0.25) is 0 Å². The fraction of sp³-hybridized carbons (Fsp3) is 0.375. The van der Waals surface area contributed by atoms with Crippen molar-refractivity contribution in [3.8, 4) is 5.69 Å². The Hall–Kier alpha value is -3.19. The van der Waals surface area contributed by atoms with Crippen molar-refractivity contribution in [2.45, 2.75) is 26.5 Å². The van der Waals surface area contributed by atoms with Crippen molar-refractivity contribution in [3.05, 3.63) is 78.4 Å². The minimum absolute atomic E-state index is 0.537. The summed E-state index contributed by atoms with van der Waals surface area (Å²) >= 11 is 0. The summed E-state index contributed by atoms with van der Waals surface area (Å²) in [4.78, 5) is 11.2. The number of rotatable bonds is 8. The average molecular weight is 419 g/mol. The highest BCUT2D eigenvalue weighted by molar-refractivity contribution is 5.80. The summed E-state index contributed by atoms with van der Waals surface area (Å²) in [5.74, 6) is 1.52. The van der Waals surface area contributed by atoms with Gasteiger partial charge in [0.15, 0.2) is 5.96 Å². The molecular weight excluding hydrogens is 388 g/mol. The molecule has 1 saturated heterocycles. The Morgan fingerprint density at radius 2 is 1.97 bits per heavy atom. The van der Waals surface area contributed by atoms with Gasteiger partial charge in [-0.3, -0.25) is 0 Å². The van der Waals surface area contributed by atoms with Crippen LogP contribution in [0.1, 0.15) is 24.5 Å². The molecular formula is C24H30N6O. The molecule has 1 N–H and O–H groups in total. The van der Waals surface area contributed by atoms with Gasteiger partial charge in [-0.25, -0.2) is 14.7 Å². The second kappa shape index (κ2) is 10.7. The zero-order valence-electron chi connectivity index (χ0n) is 18.0. The predicted molar refractivity (Wildman–Crippen MR) is 122 cm³/mol. The van der Waals surface area contributed by atoms with Crippen LogP contribution < -0.4 is 5.32 Å². The molecule has 1 fully saturated rings. The number of aromatic nitrogens is 3. The van der Waals surface area contributed by atoms with Crippen LogP contribution >= 0.6 is 0 Å². The third-order valence-electron chi connectivity index (χ3n) is 5.42. The minimum Gasteiger partial charge on any atom is -0.376 e. The molecule has 162 valence electrons. The van der Waals surface area contributed by atoms with Crippen LogP contribution in [0.4, 0.5) is 0 Å². The number of hydrogen-bond donors (Lipinski definition) is 1. The van der Waals surface area contributed by atoms with Gasteiger partial charge in [0.2, 0.25) is 0 Å². The molecule has 0 radical (unpaired) electrons. The van der Waals surface area contributed by atoms with E-state index in [0.29, 0.717) is 19.1 Å². The lowest BCUT2D eigenvalue weighted by Crippen LogP contribution is -2.40. The molecule has 2 heterocycles. The number of aliphatic imine (C=N–C) groups is 1. The summed E-state index contributed by atoms with van der Waals surface area (Å²) in [7, 11) is 0. The third-order valence-corrected chi connectivity index (χ3v) is 5.42. The summed E-state index contributed by atoms with van der Waals surface area (Å²) in [6, 6.07) is 18.6. The first-order valence-electron chi connectivity index (χ1n) is 10.9. The smallest absolute Gasteiger partial charge is 0.194 e. The Bertz CT molecular complexity index is 940. The molecule has 7 nitrogen and oxygen atoms in total. The van der Waals surface area contributed by atoms with Crippen LogP contribution in [-0.4, -0.2) is 51.9 Å². The molecule has 0 spiro atoms. The van der Waals surface area contributed by atoms with Gasteiger partial charge in [-0.2, -0.15) is 5.10 Å². The molecule has 7 heteroatoms. The molecule has 31 heavy (non-hydrogen) atoms. The maximum atomic E-state index is 5.96. The van der Waals surface area contributed by atoms with Crippen molar-refractivity contribution >= 4 is 5.96 Å². The number of guanidine groups is 1. The van der Waals surface area contributed by atoms with Crippen LogP contribution in [0, 0.1) is 5.92 Å². The molecule has 0 aliphatic carbocycles. The summed E-state index contributed by atoms with van der Waals surface area (Å²) in [6.07, 6.45) is 4.37. The normalized spacial score (nSPS) is 16.6. The molecule has 0 amide bonds. The monoisotopic (exact) mass is 418 g/mol. The number of nitrogens with one attached hydrogen (secondary N) is 1. The van der Waals surface area contributed by atoms with Gasteiger partial charge in [0, 0.05) is 25.6 Å². The quantitative estimate of drug-likeness (QED) is 0.449. The van der Waals surface area contributed by atoms with E-state index in [1.54, 1.807) is 11.0 Å². The maximum Gasteiger partial charge on any atom is 0.194 e. The lowest BCUT2D eigenvalue weighted by molar-refractivity contribution is 0.0906. The molecule has 1 aliphatic rings. The molecule has 0 bridgehead atoms. The SMILES string of the molecule is CCNC(=NCc1ccc(-n2cncn2)cc1)N1CCC(COCc2ccccc2)C1. The first kappa shape index (κ1) is 21.1. The molecule has 0 saturated carbocycles. The van der Waals surface area contributed by atoms with Gasteiger partial charge in [0.1, 0.15) is 12.7 Å². The Labute approximate surface area is 183 Å². The minimum atomic E-state index is 0.537. The van der Waals surface area contributed by atoms with Crippen LogP contribution in [0.5, 0.6) is 0 Å². The Balaban J connectivity index is 1.29. The van der Waals surface area contributed by atoms with Gasteiger partial charge in [-0.05, 0) is 36.6 Å². The highest BCUT2D eigenvalue weighted by Gasteiger charge is 2.25. The van der Waals surface area contributed by atoms with Crippen molar-refractivity contribution in [2.24, 2.45) is 10.9 Å². The van der Waals surface area contributed by atoms with E-state index in [9.17, 15) is 0 Å². The largest absolute Gasteiger partial charge is 0.376 e. The van der Waals surface area contributed by atoms with E-state index < -0.39 is 0 Å². The van der Waals surface area contributed by atoms with E-state index in [1.165, 1.54) is 17.5 Å². The van der Waals surface area contributed by atoms with Crippen molar-refractivity contribution in [2.75, 3.05) is 26.2 Å². The van der Waals surface area contributed by atoms with Gasteiger partial charge < -0.3 is 15.0 Å². The number of likely N-dealkylation sites (tertiary alicyclic amines) is 1. The highest BCUT2D eigenvalue weighted by atomic mass is 16.5. The lowest BCUT2D eigenvalue weighted by atomic mass is 10.1. The first-order chi connectivity index (χ1) is 15.3. The van der Waals surface area contributed by atoms with Crippen LogP contribution in [0.3, 0.4) is 0 Å². The molecule has 1 aromatic heterocycles. The fourth-order valence-electron chi connectivity index (χ4n) is 3.77. The molecule has 1 aliphatic heterocycles. The van der Waals surface area contributed by atoms with Crippen molar-refractivity contribution in [3.63, 3.8) is 0 Å². The Morgan fingerprint density at radius 3 is 2.71 bits per heavy atom. The number of ether oxygens (including phenoxy) is 1. The lowest BCUT2D eigenvalue weighted by Gasteiger charge is -2.21. The third kappa shape index (κ3) is 5.92. The summed E-state index contributed by atoms with van der Waals surface area (Å²) < 4.78 is 7.72. The van der Waals surface area contributed by atoms with Crippen LogP contribution in [0.15, 0.2) is 72.2 Å². The van der Waals surface area contributed by atoms with E-state index in [-0.39, 0.29) is 0 Å². The van der Waals surface area contributed by atoms with Crippen molar-refractivity contribution in [1.29, 1.82) is 0 Å². The summed E-state index contributed by atoms with van der Waals surface area (Å²) in [5.41, 5.74) is 3.39. The van der Waals surface area contributed by atoms with Crippen LogP contribution in [-0.2, 0) is 17.9 Å². The van der Waals surface area contributed by atoms with E-state index in [0.717, 1.165) is 44.3 Å². The van der Waals surface area contributed by atoms with Gasteiger partial charge in [0.05, 0.1) is 25.4 Å². The molecule has 4 rings (SSSR count). The summed E-state index contributed by atoms with van der Waals surface area (Å²) in [6.45, 7) is 7.06. The van der Waals surface area contributed by atoms with Gasteiger partial charge in [-0.1, -0.05) is 42.5 Å². The number of hydrogen-bond acceptors (Lipinski definition) is 4. The second-order valence-corrected chi connectivity index (χ2v) is 7.78. The van der Waals surface area contributed by atoms with E-state index >= 15 is 0 Å².